The molecule has 3 nitrogen and oxygen atoms in total. The van der Waals surface area contributed by atoms with Crippen LogP contribution in [-0.2, 0) is 6.54 Å². The molecule has 0 aromatic heterocycles. The van der Waals surface area contributed by atoms with Gasteiger partial charge in [0.05, 0.1) is 10.6 Å². The summed E-state index contributed by atoms with van der Waals surface area (Å²) in [6.45, 7) is 4.71. The van der Waals surface area contributed by atoms with Gasteiger partial charge < -0.3 is 15.2 Å². The second-order valence-corrected chi connectivity index (χ2v) is 5.82. The Morgan fingerprint density at radius 3 is 2.76 bits per heavy atom. The topological polar surface area (TPSA) is 41.5 Å². The number of anilines is 1. The van der Waals surface area contributed by atoms with Gasteiger partial charge in [0, 0.05) is 23.9 Å². The molecule has 0 aliphatic rings. The van der Waals surface area contributed by atoms with Crippen LogP contribution in [0.5, 0.6) is 11.5 Å². The molecule has 112 valence electrons. The van der Waals surface area contributed by atoms with E-state index in [1.165, 1.54) is 0 Å². The van der Waals surface area contributed by atoms with Gasteiger partial charge in [-0.05, 0) is 47.5 Å². The van der Waals surface area contributed by atoms with E-state index in [9.17, 15) is 5.11 Å². The number of hydrogen-bond donors (Lipinski definition) is 2. The molecular formula is C17H20BrNO2. The normalized spacial score (nSPS) is 12.0. The van der Waals surface area contributed by atoms with E-state index in [0.29, 0.717) is 11.0 Å². The summed E-state index contributed by atoms with van der Waals surface area (Å²) >= 11 is 3.32. The van der Waals surface area contributed by atoms with E-state index < -0.39 is 0 Å². The summed E-state index contributed by atoms with van der Waals surface area (Å²) < 4.78 is 6.51. The van der Waals surface area contributed by atoms with E-state index in [1.54, 1.807) is 0 Å². The molecule has 2 N–H and O–H groups in total. The number of hydrogen-bond acceptors (Lipinski definition) is 3. The Morgan fingerprint density at radius 1 is 1.24 bits per heavy atom. The SMILES string of the molecule is CCC(C)Oc1cccc(NCc2cccc(Br)c2O)c1. The summed E-state index contributed by atoms with van der Waals surface area (Å²) in [5.74, 6) is 1.13. The molecule has 0 heterocycles. The van der Waals surface area contributed by atoms with Crippen LogP contribution in [0.4, 0.5) is 5.69 Å². The van der Waals surface area contributed by atoms with Gasteiger partial charge in [-0.25, -0.2) is 0 Å². The summed E-state index contributed by atoms with van der Waals surface area (Å²) in [7, 11) is 0. The fourth-order valence-electron chi connectivity index (χ4n) is 1.89. The van der Waals surface area contributed by atoms with Crippen LogP contribution in [0.2, 0.25) is 0 Å². The third-order valence-corrected chi connectivity index (χ3v) is 3.94. The molecule has 2 aromatic carbocycles. The van der Waals surface area contributed by atoms with Crippen LogP contribution in [0.15, 0.2) is 46.9 Å². The molecule has 2 aromatic rings. The highest BCUT2D eigenvalue weighted by Crippen LogP contribution is 2.28. The van der Waals surface area contributed by atoms with Crippen molar-refractivity contribution in [2.75, 3.05) is 5.32 Å². The number of phenolic OH excluding ortho intramolecular Hbond substituents is 1. The first-order valence-corrected chi connectivity index (χ1v) is 7.86. The van der Waals surface area contributed by atoms with Crippen molar-refractivity contribution in [3.8, 4) is 11.5 Å². The smallest absolute Gasteiger partial charge is 0.134 e. The highest BCUT2D eigenvalue weighted by molar-refractivity contribution is 9.10. The van der Waals surface area contributed by atoms with E-state index in [4.69, 9.17) is 4.74 Å². The molecule has 21 heavy (non-hydrogen) atoms. The highest BCUT2D eigenvalue weighted by atomic mass is 79.9. The highest BCUT2D eigenvalue weighted by Gasteiger charge is 2.05. The molecule has 0 fully saturated rings. The van der Waals surface area contributed by atoms with Crippen molar-refractivity contribution in [2.45, 2.75) is 32.9 Å². The number of para-hydroxylation sites is 1. The first-order chi connectivity index (χ1) is 10.1. The van der Waals surface area contributed by atoms with Crippen molar-refractivity contribution in [1.82, 2.24) is 0 Å². The Kier molecular flexibility index (Phi) is 5.51. The van der Waals surface area contributed by atoms with Gasteiger partial charge in [-0.2, -0.15) is 0 Å². The van der Waals surface area contributed by atoms with Gasteiger partial charge in [-0.1, -0.05) is 25.1 Å². The van der Waals surface area contributed by atoms with Crippen LogP contribution < -0.4 is 10.1 Å². The molecule has 0 bridgehead atoms. The van der Waals surface area contributed by atoms with Crippen molar-refractivity contribution in [3.63, 3.8) is 0 Å². The third kappa shape index (κ3) is 4.39. The van der Waals surface area contributed by atoms with Crippen molar-refractivity contribution in [3.05, 3.63) is 52.5 Å². The lowest BCUT2D eigenvalue weighted by Gasteiger charge is -2.14. The van der Waals surface area contributed by atoms with Crippen LogP contribution in [0.25, 0.3) is 0 Å². The molecule has 0 amide bonds. The summed E-state index contributed by atoms with van der Waals surface area (Å²) in [6, 6.07) is 13.5. The second kappa shape index (κ2) is 7.36. The summed E-state index contributed by atoms with van der Waals surface area (Å²) in [5, 5.41) is 13.3. The minimum Gasteiger partial charge on any atom is -0.506 e. The molecule has 1 unspecified atom stereocenters. The van der Waals surface area contributed by atoms with Crippen LogP contribution >= 0.6 is 15.9 Å². The molecule has 0 saturated carbocycles. The maximum atomic E-state index is 9.97. The van der Waals surface area contributed by atoms with Crippen LogP contribution in [0.1, 0.15) is 25.8 Å². The monoisotopic (exact) mass is 349 g/mol. The first-order valence-electron chi connectivity index (χ1n) is 7.07. The molecule has 0 aliphatic carbocycles. The lowest BCUT2D eigenvalue weighted by molar-refractivity contribution is 0.217. The number of ether oxygens (including phenoxy) is 1. The first kappa shape index (κ1) is 15.7. The number of halogens is 1. The van der Waals surface area contributed by atoms with Gasteiger partial charge in [0.15, 0.2) is 0 Å². The van der Waals surface area contributed by atoms with E-state index in [-0.39, 0.29) is 11.9 Å². The summed E-state index contributed by atoms with van der Waals surface area (Å²) in [4.78, 5) is 0. The maximum absolute atomic E-state index is 9.97. The van der Waals surface area contributed by atoms with Crippen LogP contribution in [0.3, 0.4) is 0 Å². The fourth-order valence-corrected chi connectivity index (χ4v) is 2.30. The minimum atomic E-state index is 0.203. The van der Waals surface area contributed by atoms with Crippen molar-refractivity contribution in [2.24, 2.45) is 0 Å². The zero-order chi connectivity index (χ0) is 15.2. The maximum Gasteiger partial charge on any atom is 0.134 e. The van der Waals surface area contributed by atoms with Crippen molar-refractivity contribution >= 4 is 21.6 Å². The van der Waals surface area contributed by atoms with Gasteiger partial charge >= 0.3 is 0 Å². The number of aromatic hydroxyl groups is 1. The molecule has 4 heteroatoms. The van der Waals surface area contributed by atoms with Gasteiger partial charge in [0.1, 0.15) is 11.5 Å². The standard InChI is InChI=1S/C17H20BrNO2/c1-3-12(2)21-15-8-5-7-14(10-15)19-11-13-6-4-9-16(18)17(13)20/h4-10,12,19-20H,3,11H2,1-2H3. The summed E-state index contributed by atoms with van der Waals surface area (Å²) in [5.41, 5.74) is 1.81. The zero-order valence-corrected chi connectivity index (χ0v) is 13.9. The molecule has 2 rings (SSSR count). The average molecular weight is 350 g/mol. The van der Waals surface area contributed by atoms with Crippen LogP contribution in [0, 0.1) is 0 Å². The van der Waals surface area contributed by atoms with E-state index in [1.807, 2.05) is 42.5 Å². The van der Waals surface area contributed by atoms with Gasteiger partial charge in [0.25, 0.3) is 0 Å². The van der Waals surface area contributed by atoms with Gasteiger partial charge in [0.2, 0.25) is 0 Å². The van der Waals surface area contributed by atoms with Gasteiger partial charge in [-0.3, -0.25) is 0 Å². The minimum absolute atomic E-state index is 0.203. The largest absolute Gasteiger partial charge is 0.506 e. The van der Waals surface area contributed by atoms with E-state index in [2.05, 4.69) is 35.1 Å². The fraction of sp³-hybridized carbons (Fsp3) is 0.294. The van der Waals surface area contributed by atoms with Crippen molar-refractivity contribution in [1.29, 1.82) is 0 Å². The number of nitrogens with one attached hydrogen (secondary N) is 1. The van der Waals surface area contributed by atoms with Crippen LogP contribution in [-0.4, -0.2) is 11.2 Å². The Balaban J connectivity index is 2.03. The third-order valence-electron chi connectivity index (χ3n) is 3.30. The van der Waals surface area contributed by atoms with E-state index in [0.717, 1.165) is 23.4 Å². The predicted octanol–water partition coefficient (Wildman–Crippen LogP) is 4.94. The number of benzene rings is 2. The molecule has 0 spiro atoms. The van der Waals surface area contributed by atoms with Gasteiger partial charge in [-0.15, -0.1) is 0 Å². The lowest BCUT2D eigenvalue weighted by atomic mass is 10.2. The van der Waals surface area contributed by atoms with Crippen molar-refractivity contribution < 1.29 is 9.84 Å². The quantitative estimate of drug-likeness (QED) is 0.775. The number of rotatable bonds is 6. The summed E-state index contributed by atoms with van der Waals surface area (Å²) in [6.07, 6.45) is 1.18. The Morgan fingerprint density at radius 2 is 2.00 bits per heavy atom. The Labute approximate surface area is 134 Å². The average Bonchev–Trinajstić information content (AvgIpc) is 2.49. The molecule has 0 radical (unpaired) electrons. The Bertz CT molecular complexity index is 601. The molecule has 1 atom stereocenters. The number of phenols is 1. The van der Waals surface area contributed by atoms with E-state index >= 15 is 0 Å². The second-order valence-electron chi connectivity index (χ2n) is 4.97. The molecular weight excluding hydrogens is 330 g/mol. The predicted molar refractivity (Wildman–Crippen MR) is 90.0 cm³/mol. The lowest BCUT2D eigenvalue weighted by Crippen LogP contribution is -2.09. The Hall–Kier alpha value is -1.68. The zero-order valence-electron chi connectivity index (χ0n) is 12.3. The molecule has 0 aliphatic heterocycles. The molecule has 0 saturated heterocycles.